The molecule has 0 saturated heterocycles. The first-order valence-corrected chi connectivity index (χ1v) is 11.8. The van der Waals surface area contributed by atoms with E-state index in [1.807, 2.05) is 0 Å². The molecule has 7 N–H and O–H groups in total. The molecule has 0 spiro atoms. The minimum atomic E-state index is -4.95. The summed E-state index contributed by atoms with van der Waals surface area (Å²) in [5, 5.41) is 18.8. The molecule has 0 amide bonds. The van der Waals surface area contributed by atoms with Crippen LogP contribution in [0, 0.1) is 0 Å². The van der Waals surface area contributed by atoms with E-state index in [0.717, 1.165) is 18.2 Å². The number of hydrogen-bond acceptors (Lipinski definition) is 10. The van der Waals surface area contributed by atoms with E-state index in [2.05, 4.69) is 15.2 Å². The van der Waals surface area contributed by atoms with E-state index in [4.69, 9.17) is 11.5 Å². The molecule has 3 aromatic carbocycles. The topological polar surface area (TPSA) is 219 Å². The van der Waals surface area contributed by atoms with Gasteiger partial charge in [-0.05, 0) is 47.9 Å². The third kappa shape index (κ3) is 4.03. The molecule has 0 aliphatic carbocycles. The third-order valence-corrected chi connectivity index (χ3v) is 6.55. The average Bonchev–Trinajstić information content (AvgIpc) is 2.73. The Bertz CT molecular complexity index is 1700. The van der Waals surface area contributed by atoms with Gasteiger partial charge in [-0.2, -0.15) is 16.8 Å². The van der Waals surface area contributed by atoms with Crippen molar-refractivity contribution in [1.29, 1.82) is 0 Å². The lowest BCUT2D eigenvalue weighted by Gasteiger charge is -2.11. The van der Waals surface area contributed by atoms with E-state index >= 15 is 0 Å². The summed E-state index contributed by atoms with van der Waals surface area (Å²) in [5.74, 6) is -0.740. The van der Waals surface area contributed by atoms with Gasteiger partial charge in [0.05, 0.1) is 22.6 Å². The Morgan fingerprint density at radius 1 is 0.818 bits per heavy atom. The number of rotatable bonds is 4. The van der Waals surface area contributed by atoms with Crippen LogP contribution in [0.4, 0.5) is 22.7 Å². The van der Waals surface area contributed by atoms with Gasteiger partial charge in [-0.15, -0.1) is 10.2 Å². The zero-order chi connectivity index (χ0) is 24.1. The highest BCUT2D eigenvalue weighted by Gasteiger charge is 2.24. The Morgan fingerprint density at radius 2 is 1.48 bits per heavy atom. The van der Waals surface area contributed by atoms with Crippen LogP contribution >= 0.6 is 0 Å². The first kappa shape index (κ1) is 22.3. The maximum absolute atomic E-state index is 12.0. The lowest BCUT2D eigenvalue weighted by atomic mass is 10.1. The van der Waals surface area contributed by atoms with Crippen LogP contribution < -0.4 is 11.5 Å². The highest BCUT2D eigenvalue weighted by atomic mass is 32.2. The Balaban J connectivity index is 2.00. The number of anilines is 2. The maximum atomic E-state index is 12.0. The molecule has 4 rings (SSSR count). The summed E-state index contributed by atoms with van der Waals surface area (Å²) in [6.07, 6.45) is 1.52. The number of aromatic hydroxyl groups is 1. The van der Waals surface area contributed by atoms with E-state index in [0.29, 0.717) is 16.6 Å². The van der Waals surface area contributed by atoms with Crippen molar-refractivity contribution in [1.82, 2.24) is 4.98 Å². The number of fused-ring (bicyclic) bond motifs is 2. The predicted molar refractivity (Wildman–Crippen MR) is 120 cm³/mol. The molecule has 33 heavy (non-hydrogen) atoms. The first-order valence-electron chi connectivity index (χ1n) is 8.97. The van der Waals surface area contributed by atoms with Gasteiger partial charge >= 0.3 is 0 Å². The Labute approximate surface area is 186 Å². The quantitative estimate of drug-likeness (QED) is 0.160. The van der Waals surface area contributed by atoms with E-state index < -0.39 is 47.2 Å². The number of nitrogens with two attached hydrogens (primary N) is 2. The number of nitrogen functional groups attached to an aromatic ring is 2. The zero-order valence-electron chi connectivity index (χ0n) is 16.4. The van der Waals surface area contributed by atoms with Gasteiger partial charge in [-0.3, -0.25) is 14.1 Å². The van der Waals surface area contributed by atoms with Crippen molar-refractivity contribution >= 4 is 64.7 Å². The molecular weight excluding hydrogens is 474 g/mol. The number of phenolic OH excluding ortho intramolecular Hbond substituents is 1. The molecular formula is C19H15N5O7S2. The van der Waals surface area contributed by atoms with Gasteiger partial charge in [-0.1, -0.05) is 0 Å². The summed E-state index contributed by atoms with van der Waals surface area (Å²) in [7, 11) is -9.69. The summed E-state index contributed by atoms with van der Waals surface area (Å²) in [4.78, 5) is 2.60. The molecule has 14 heteroatoms. The zero-order valence-corrected chi connectivity index (χ0v) is 18.0. The molecule has 170 valence electrons. The Hall–Kier alpha value is -3.85. The van der Waals surface area contributed by atoms with E-state index in [-0.39, 0.29) is 16.5 Å². The summed E-state index contributed by atoms with van der Waals surface area (Å²) in [5.41, 5.74) is 11.6. The van der Waals surface area contributed by atoms with Crippen molar-refractivity contribution in [3.63, 3.8) is 0 Å². The van der Waals surface area contributed by atoms with Gasteiger partial charge in [0.25, 0.3) is 20.2 Å². The number of nitrogens with zero attached hydrogens (tertiary/aromatic N) is 3. The fourth-order valence-electron chi connectivity index (χ4n) is 3.28. The number of hydrogen-bond donors (Lipinski definition) is 5. The van der Waals surface area contributed by atoms with Crippen molar-refractivity contribution in [3.05, 3.63) is 48.7 Å². The van der Waals surface area contributed by atoms with Crippen molar-refractivity contribution < 1.29 is 31.0 Å². The second-order valence-corrected chi connectivity index (χ2v) is 9.69. The standard InChI is InChI=1S/C19H15N5O7S2/c20-12-3-4-14(10-2-1-5-22-17(10)12)23-24-18-16(33(29,30)31)7-9-6-15(32(26,27)28)13(21)8-11(9)19(18)25/h1-8,25H,20-21H2,(H,26,27,28)(H,29,30,31)/b24-23+. The van der Waals surface area contributed by atoms with Gasteiger partial charge < -0.3 is 16.6 Å². The van der Waals surface area contributed by atoms with Crippen LogP contribution in [0.5, 0.6) is 5.75 Å². The van der Waals surface area contributed by atoms with Gasteiger partial charge in [0, 0.05) is 17.0 Å². The van der Waals surface area contributed by atoms with Crippen molar-refractivity contribution in [2.24, 2.45) is 10.2 Å². The molecule has 4 aromatic rings. The molecule has 0 unspecified atom stereocenters. The van der Waals surface area contributed by atoms with E-state index in [1.54, 1.807) is 12.1 Å². The van der Waals surface area contributed by atoms with Crippen molar-refractivity contribution in [2.75, 3.05) is 11.5 Å². The predicted octanol–water partition coefficient (Wildman–Crippen LogP) is 3.17. The van der Waals surface area contributed by atoms with Crippen LogP contribution in [0.1, 0.15) is 0 Å². The lowest BCUT2D eigenvalue weighted by Crippen LogP contribution is -2.04. The number of benzene rings is 3. The summed E-state index contributed by atoms with van der Waals surface area (Å²) in [6, 6.07) is 9.06. The molecule has 1 aromatic heterocycles. The number of phenols is 1. The van der Waals surface area contributed by atoms with E-state index in [9.17, 15) is 31.0 Å². The van der Waals surface area contributed by atoms with Crippen LogP contribution in [0.3, 0.4) is 0 Å². The highest BCUT2D eigenvalue weighted by molar-refractivity contribution is 7.86. The summed E-state index contributed by atoms with van der Waals surface area (Å²) in [6.45, 7) is 0. The van der Waals surface area contributed by atoms with Gasteiger partial charge in [0.15, 0.2) is 5.75 Å². The molecule has 0 radical (unpaired) electrons. The average molecular weight is 489 g/mol. The molecule has 0 atom stereocenters. The number of pyridine rings is 1. The number of aromatic nitrogens is 1. The lowest BCUT2D eigenvalue weighted by molar-refractivity contribution is 0.472. The summed E-state index contributed by atoms with van der Waals surface area (Å²) < 4.78 is 66.0. The van der Waals surface area contributed by atoms with Crippen LogP contribution in [0.15, 0.2) is 68.7 Å². The molecule has 0 aliphatic heterocycles. The first-order chi connectivity index (χ1) is 15.4. The molecule has 0 fully saturated rings. The van der Waals surface area contributed by atoms with Crippen LogP contribution in [-0.4, -0.2) is 36.0 Å². The smallest absolute Gasteiger partial charge is 0.296 e. The van der Waals surface area contributed by atoms with Gasteiger partial charge in [-0.25, -0.2) is 0 Å². The molecule has 12 nitrogen and oxygen atoms in total. The monoisotopic (exact) mass is 489 g/mol. The fraction of sp³-hybridized carbons (Fsp3) is 0. The highest BCUT2D eigenvalue weighted by Crippen LogP contribution is 2.43. The SMILES string of the molecule is Nc1cc2c(O)c(/N=N/c3ccc(N)c4ncccc34)c(S(=O)(=O)O)cc2cc1S(=O)(=O)O. The van der Waals surface area contributed by atoms with Gasteiger partial charge in [0.1, 0.15) is 15.5 Å². The Morgan fingerprint density at radius 3 is 2.15 bits per heavy atom. The van der Waals surface area contributed by atoms with Crippen molar-refractivity contribution in [2.45, 2.75) is 9.79 Å². The minimum absolute atomic E-state index is 0.0925. The van der Waals surface area contributed by atoms with Crippen molar-refractivity contribution in [3.8, 4) is 5.75 Å². The van der Waals surface area contributed by atoms with Gasteiger partial charge in [0.2, 0.25) is 0 Å². The van der Waals surface area contributed by atoms with Crippen LogP contribution in [0.25, 0.3) is 21.7 Å². The van der Waals surface area contributed by atoms with E-state index in [1.165, 1.54) is 18.3 Å². The second-order valence-electron chi connectivity index (χ2n) is 6.91. The van der Waals surface area contributed by atoms with Crippen LogP contribution in [0.2, 0.25) is 0 Å². The van der Waals surface area contributed by atoms with Crippen LogP contribution in [-0.2, 0) is 20.2 Å². The summed E-state index contributed by atoms with van der Waals surface area (Å²) >= 11 is 0. The largest absolute Gasteiger partial charge is 0.505 e. The molecule has 0 saturated carbocycles. The molecule has 1 heterocycles. The Kier molecular flexibility index (Phi) is 5.17. The minimum Gasteiger partial charge on any atom is -0.505 e. The third-order valence-electron chi connectivity index (χ3n) is 4.77. The second kappa shape index (κ2) is 7.63. The molecule has 0 bridgehead atoms. The normalized spacial score (nSPS) is 12.7. The maximum Gasteiger partial charge on any atom is 0.296 e. The number of azo groups is 1. The molecule has 0 aliphatic rings. The fourth-order valence-corrected chi connectivity index (χ4v) is 4.57.